The largest absolute Gasteiger partial charge is 0.335 e. The summed E-state index contributed by atoms with van der Waals surface area (Å²) < 4.78 is 0. The maximum Gasteiger partial charge on any atom is 0.265 e. The van der Waals surface area contributed by atoms with E-state index in [4.69, 9.17) is 11.6 Å². The van der Waals surface area contributed by atoms with Crippen molar-refractivity contribution in [3.05, 3.63) is 20.8 Å². The van der Waals surface area contributed by atoms with Crippen LogP contribution in [0.5, 0.6) is 0 Å². The fourth-order valence-corrected chi connectivity index (χ4v) is 3.08. The number of carbonyl (C=O) groups is 1. The molecule has 2 rings (SSSR count). The molecular weight excluding hydrogens is 279 g/mol. The topological polar surface area (TPSA) is 32.3 Å². The number of aryl methyl sites for hydroxylation is 1. The lowest BCUT2D eigenvalue weighted by Crippen LogP contribution is -2.51. The molecule has 17 heavy (non-hydrogen) atoms. The van der Waals surface area contributed by atoms with Crippen molar-refractivity contribution in [1.82, 2.24) is 10.2 Å². The van der Waals surface area contributed by atoms with E-state index in [9.17, 15) is 4.79 Å². The van der Waals surface area contributed by atoms with E-state index in [1.54, 1.807) is 0 Å². The fourth-order valence-electron chi connectivity index (χ4n) is 1.83. The second-order valence-corrected chi connectivity index (χ2v) is 5.43. The predicted octanol–water partition coefficient (Wildman–Crippen LogP) is 2.57. The molecule has 0 saturated carbocycles. The third kappa shape index (κ3) is 3.13. The van der Waals surface area contributed by atoms with Crippen LogP contribution in [0, 0.1) is 6.92 Å². The van der Waals surface area contributed by atoms with E-state index >= 15 is 0 Å². The van der Waals surface area contributed by atoms with Crippen molar-refractivity contribution in [2.45, 2.75) is 19.9 Å². The van der Waals surface area contributed by atoms with Crippen LogP contribution in [0.15, 0.2) is 5.38 Å². The van der Waals surface area contributed by atoms with Crippen LogP contribution < -0.4 is 5.32 Å². The van der Waals surface area contributed by atoms with Gasteiger partial charge in [0, 0.05) is 25.7 Å². The maximum atomic E-state index is 12.2. The highest BCUT2D eigenvalue weighted by atomic mass is 35.5. The lowest BCUT2D eigenvalue weighted by Gasteiger charge is -2.31. The summed E-state index contributed by atoms with van der Waals surface area (Å²) in [4.78, 5) is 14.8. The Balaban J connectivity index is 0.00000144. The Morgan fingerprint density at radius 3 is 2.88 bits per heavy atom. The highest BCUT2D eigenvalue weighted by molar-refractivity contribution is 7.13. The number of rotatable bonds is 1. The lowest BCUT2D eigenvalue weighted by molar-refractivity contribution is 0.0714. The van der Waals surface area contributed by atoms with Gasteiger partial charge in [-0.2, -0.15) is 0 Å². The van der Waals surface area contributed by atoms with Crippen LogP contribution in [0.25, 0.3) is 0 Å². The van der Waals surface area contributed by atoms with E-state index in [0.717, 1.165) is 25.2 Å². The molecule has 1 aromatic heterocycles. The van der Waals surface area contributed by atoms with Crippen molar-refractivity contribution >= 4 is 41.3 Å². The summed E-state index contributed by atoms with van der Waals surface area (Å²) in [7, 11) is 0. The zero-order valence-corrected chi connectivity index (χ0v) is 12.2. The minimum Gasteiger partial charge on any atom is -0.335 e. The molecule has 1 fully saturated rings. The molecule has 3 nitrogen and oxygen atoms in total. The van der Waals surface area contributed by atoms with Crippen molar-refractivity contribution in [3.63, 3.8) is 0 Å². The molecule has 0 radical (unpaired) electrons. The van der Waals surface area contributed by atoms with Crippen LogP contribution in [-0.2, 0) is 0 Å². The molecule has 1 unspecified atom stereocenters. The van der Waals surface area contributed by atoms with Crippen LogP contribution in [0.1, 0.15) is 22.2 Å². The van der Waals surface area contributed by atoms with Crippen LogP contribution in [0.3, 0.4) is 0 Å². The van der Waals surface area contributed by atoms with Crippen molar-refractivity contribution in [2.24, 2.45) is 0 Å². The van der Waals surface area contributed by atoms with Gasteiger partial charge in [0.25, 0.3) is 5.91 Å². The van der Waals surface area contributed by atoms with Crippen molar-refractivity contribution in [2.75, 3.05) is 19.6 Å². The number of hydrogen-bond donors (Lipinski definition) is 1. The summed E-state index contributed by atoms with van der Waals surface area (Å²) in [6.07, 6.45) is 0. The van der Waals surface area contributed by atoms with Gasteiger partial charge in [-0.1, -0.05) is 11.6 Å². The second-order valence-electron chi connectivity index (χ2n) is 4.17. The number of carbonyl (C=O) groups excluding carboxylic acids is 1. The van der Waals surface area contributed by atoms with Gasteiger partial charge in [-0.05, 0) is 24.8 Å². The monoisotopic (exact) mass is 294 g/mol. The molecule has 1 atom stereocenters. The van der Waals surface area contributed by atoms with E-state index in [0.29, 0.717) is 15.9 Å². The Morgan fingerprint density at radius 2 is 2.35 bits per heavy atom. The molecule has 1 amide bonds. The van der Waals surface area contributed by atoms with Gasteiger partial charge >= 0.3 is 0 Å². The molecule has 0 aromatic carbocycles. The Hall–Kier alpha value is -0.290. The van der Waals surface area contributed by atoms with Crippen molar-refractivity contribution in [3.8, 4) is 0 Å². The average molecular weight is 295 g/mol. The average Bonchev–Trinajstić information content (AvgIpc) is 2.59. The third-order valence-corrected chi connectivity index (χ3v) is 4.43. The SMILES string of the molecule is Cc1csc(C(=O)N2CCNC(C)C2)c1Cl.Cl. The first kappa shape index (κ1) is 14.8. The summed E-state index contributed by atoms with van der Waals surface area (Å²) in [6, 6.07) is 0.359. The van der Waals surface area contributed by atoms with Gasteiger partial charge in [0.15, 0.2) is 0 Å². The quantitative estimate of drug-likeness (QED) is 0.863. The predicted molar refractivity (Wildman–Crippen MR) is 74.7 cm³/mol. The molecule has 2 heterocycles. The van der Waals surface area contributed by atoms with Crippen LogP contribution in [0.4, 0.5) is 0 Å². The Labute approximate surface area is 117 Å². The molecule has 96 valence electrons. The molecule has 1 N–H and O–H groups in total. The van der Waals surface area contributed by atoms with E-state index in [1.165, 1.54) is 11.3 Å². The zero-order chi connectivity index (χ0) is 11.7. The Morgan fingerprint density at radius 1 is 1.65 bits per heavy atom. The molecular formula is C11H16Cl2N2OS. The lowest BCUT2D eigenvalue weighted by atomic mass is 10.2. The normalized spacial score (nSPS) is 19.9. The zero-order valence-electron chi connectivity index (χ0n) is 9.83. The minimum atomic E-state index is 0. The summed E-state index contributed by atoms with van der Waals surface area (Å²) in [5.41, 5.74) is 0.984. The molecule has 1 saturated heterocycles. The fraction of sp³-hybridized carbons (Fsp3) is 0.545. The number of halogens is 2. The van der Waals surface area contributed by atoms with Gasteiger partial charge in [0.1, 0.15) is 4.88 Å². The van der Waals surface area contributed by atoms with Crippen molar-refractivity contribution in [1.29, 1.82) is 0 Å². The smallest absolute Gasteiger partial charge is 0.265 e. The van der Waals surface area contributed by atoms with Crippen molar-refractivity contribution < 1.29 is 4.79 Å². The first-order chi connectivity index (χ1) is 7.59. The van der Waals surface area contributed by atoms with E-state index in [2.05, 4.69) is 12.2 Å². The number of thiophene rings is 1. The van der Waals surface area contributed by atoms with Crippen LogP contribution >= 0.6 is 35.3 Å². The van der Waals surface area contributed by atoms with E-state index < -0.39 is 0 Å². The number of hydrogen-bond acceptors (Lipinski definition) is 3. The van der Waals surface area contributed by atoms with Gasteiger partial charge in [-0.3, -0.25) is 4.79 Å². The summed E-state index contributed by atoms with van der Waals surface area (Å²) in [5, 5.41) is 5.86. The second kappa shape index (κ2) is 6.05. The number of nitrogens with one attached hydrogen (secondary N) is 1. The molecule has 0 spiro atoms. The first-order valence-electron chi connectivity index (χ1n) is 5.36. The number of piperazine rings is 1. The number of amides is 1. The Kier molecular flexibility index (Phi) is 5.25. The van der Waals surface area contributed by atoms with Gasteiger partial charge in [0.2, 0.25) is 0 Å². The van der Waals surface area contributed by atoms with Gasteiger partial charge < -0.3 is 10.2 Å². The molecule has 6 heteroatoms. The highest BCUT2D eigenvalue weighted by Crippen LogP contribution is 2.28. The van der Waals surface area contributed by atoms with E-state index in [-0.39, 0.29) is 18.3 Å². The molecule has 0 bridgehead atoms. The minimum absolute atomic E-state index is 0. The molecule has 1 aromatic rings. The highest BCUT2D eigenvalue weighted by Gasteiger charge is 2.24. The third-order valence-electron chi connectivity index (χ3n) is 2.75. The number of nitrogens with zero attached hydrogens (tertiary/aromatic N) is 1. The molecule has 1 aliphatic heterocycles. The Bertz CT molecular complexity index is 408. The van der Waals surface area contributed by atoms with Crippen LogP contribution in [-0.4, -0.2) is 36.5 Å². The first-order valence-corrected chi connectivity index (χ1v) is 6.61. The standard InChI is InChI=1S/C11H15ClN2OS.ClH/c1-7-6-16-10(9(7)12)11(15)14-4-3-13-8(2)5-14;/h6,8,13H,3-5H2,1-2H3;1H. The summed E-state index contributed by atoms with van der Waals surface area (Å²) >= 11 is 7.54. The van der Waals surface area contributed by atoms with E-state index in [1.807, 2.05) is 17.2 Å². The van der Waals surface area contributed by atoms with Gasteiger partial charge in [-0.25, -0.2) is 0 Å². The van der Waals surface area contributed by atoms with Gasteiger partial charge in [0.05, 0.1) is 5.02 Å². The maximum absolute atomic E-state index is 12.2. The summed E-state index contributed by atoms with van der Waals surface area (Å²) in [6.45, 7) is 6.38. The molecule has 1 aliphatic rings. The van der Waals surface area contributed by atoms with Gasteiger partial charge in [-0.15, -0.1) is 23.7 Å². The van der Waals surface area contributed by atoms with Crippen LogP contribution in [0.2, 0.25) is 5.02 Å². The molecule has 0 aliphatic carbocycles. The summed E-state index contributed by atoms with van der Waals surface area (Å²) in [5.74, 6) is 0.0662.